The number of hydrogen-bond donors (Lipinski definition) is 1. The van der Waals surface area contributed by atoms with E-state index >= 15 is 0 Å². The zero-order valence-corrected chi connectivity index (χ0v) is 10.0. The summed E-state index contributed by atoms with van der Waals surface area (Å²) in [6.45, 7) is 6.76. The van der Waals surface area contributed by atoms with Crippen LogP contribution in [0.1, 0.15) is 46.5 Å². The quantitative estimate of drug-likeness (QED) is 0.735. The molecule has 0 aromatic rings. The molecule has 0 amide bonds. The summed E-state index contributed by atoms with van der Waals surface area (Å²) in [6.07, 6.45) is 5.92. The lowest BCUT2D eigenvalue weighted by molar-refractivity contribution is 0.0388. The fourth-order valence-corrected chi connectivity index (χ4v) is 2.53. The van der Waals surface area contributed by atoms with Crippen LogP contribution in [0.2, 0.25) is 0 Å². The molecule has 0 spiro atoms. The molecule has 1 fully saturated rings. The third-order valence-corrected chi connectivity index (χ3v) is 3.45. The van der Waals surface area contributed by atoms with E-state index in [2.05, 4.69) is 33.1 Å². The van der Waals surface area contributed by atoms with Gasteiger partial charge >= 0.3 is 0 Å². The van der Waals surface area contributed by atoms with Crippen LogP contribution in [0.4, 0.5) is 0 Å². The van der Waals surface area contributed by atoms with Crippen LogP contribution in [0.15, 0.2) is 0 Å². The van der Waals surface area contributed by atoms with E-state index in [0.717, 1.165) is 5.92 Å². The second kappa shape index (κ2) is 5.72. The Morgan fingerprint density at radius 3 is 2.57 bits per heavy atom. The Labute approximate surface area is 88.4 Å². The van der Waals surface area contributed by atoms with E-state index < -0.39 is 0 Å². The predicted octanol–water partition coefficient (Wildman–Crippen LogP) is 2.58. The van der Waals surface area contributed by atoms with Crippen LogP contribution in [0, 0.1) is 5.92 Å². The van der Waals surface area contributed by atoms with E-state index in [1.807, 2.05) is 0 Å². The zero-order valence-electron chi connectivity index (χ0n) is 10.0. The first-order valence-corrected chi connectivity index (χ1v) is 6.00. The summed E-state index contributed by atoms with van der Waals surface area (Å²) in [5.74, 6) is 0.722. The predicted molar refractivity (Wildman–Crippen MR) is 60.5 cm³/mol. The Bertz CT molecular complexity index is 156. The largest absolute Gasteiger partial charge is 0.375 e. The highest BCUT2D eigenvalue weighted by Gasteiger charge is 2.25. The molecule has 1 N–H and O–H groups in total. The van der Waals surface area contributed by atoms with Gasteiger partial charge in [0.05, 0.1) is 12.2 Å². The molecule has 0 saturated carbocycles. The minimum absolute atomic E-state index is 0.488. The Morgan fingerprint density at radius 1 is 1.43 bits per heavy atom. The van der Waals surface area contributed by atoms with Crippen molar-refractivity contribution in [3.8, 4) is 0 Å². The summed E-state index contributed by atoms with van der Waals surface area (Å²) in [5, 5.41) is 3.38. The van der Waals surface area contributed by atoms with Gasteiger partial charge in [-0.15, -0.1) is 0 Å². The molecule has 1 saturated heterocycles. The first-order chi connectivity index (χ1) is 6.67. The van der Waals surface area contributed by atoms with Crippen LogP contribution in [-0.2, 0) is 4.74 Å². The molecule has 4 unspecified atom stereocenters. The molecule has 0 bridgehead atoms. The van der Waals surface area contributed by atoms with Gasteiger partial charge in [-0.3, -0.25) is 0 Å². The lowest BCUT2D eigenvalue weighted by Gasteiger charge is -2.24. The molecule has 1 aliphatic heterocycles. The van der Waals surface area contributed by atoms with Crippen LogP contribution >= 0.6 is 0 Å². The van der Waals surface area contributed by atoms with Gasteiger partial charge in [-0.2, -0.15) is 0 Å². The van der Waals surface area contributed by atoms with E-state index in [1.165, 1.54) is 25.7 Å². The summed E-state index contributed by atoms with van der Waals surface area (Å²) in [4.78, 5) is 0. The SMILES string of the molecule is CCC(NC)C(C)CC1CCC(C)O1. The van der Waals surface area contributed by atoms with Gasteiger partial charge in [-0.1, -0.05) is 13.8 Å². The van der Waals surface area contributed by atoms with Gasteiger partial charge in [0.25, 0.3) is 0 Å². The molecule has 1 aliphatic rings. The molecule has 0 radical (unpaired) electrons. The van der Waals surface area contributed by atoms with Crippen LogP contribution in [0.3, 0.4) is 0 Å². The number of hydrogen-bond acceptors (Lipinski definition) is 2. The molecule has 84 valence electrons. The van der Waals surface area contributed by atoms with Crippen molar-refractivity contribution < 1.29 is 4.74 Å². The van der Waals surface area contributed by atoms with Crippen LogP contribution in [0.25, 0.3) is 0 Å². The van der Waals surface area contributed by atoms with Crippen molar-refractivity contribution in [2.75, 3.05) is 7.05 Å². The van der Waals surface area contributed by atoms with Crippen molar-refractivity contribution in [1.29, 1.82) is 0 Å². The van der Waals surface area contributed by atoms with Gasteiger partial charge in [-0.25, -0.2) is 0 Å². The number of rotatable bonds is 5. The van der Waals surface area contributed by atoms with Crippen molar-refractivity contribution in [3.63, 3.8) is 0 Å². The fraction of sp³-hybridized carbons (Fsp3) is 1.00. The first-order valence-electron chi connectivity index (χ1n) is 6.00. The van der Waals surface area contributed by atoms with Crippen molar-refractivity contribution in [2.24, 2.45) is 5.92 Å². The standard InChI is InChI=1S/C12H25NO/c1-5-12(13-4)9(2)8-11-7-6-10(3)14-11/h9-13H,5-8H2,1-4H3. The molecule has 2 nitrogen and oxygen atoms in total. The molecule has 1 heterocycles. The minimum Gasteiger partial charge on any atom is -0.375 e. The summed E-state index contributed by atoms with van der Waals surface area (Å²) < 4.78 is 5.84. The van der Waals surface area contributed by atoms with Gasteiger partial charge in [-0.05, 0) is 45.6 Å². The van der Waals surface area contributed by atoms with Crippen LogP contribution < -0.4 is 5.32 Å². The van der Waals surface area contributed by atoms with Crippen LogP contribution in [0.5, 0.6) is 0 Å². The third kappa shape index (κ3) is 3.25. The highest BCUT2D eigenvalue weighted by Crippen LogP contribution is 2.26. The monoisotopic (exact) mass is 199 g/mol. The molecular weight excluding hydrogens is 174 g/mol. The maximum Gasteiger partial charge on any atom is 0.0582 e. The van der Waals surface area contributed by atoms with Crippen molar-refractivity contribution in [1.82, 2.24) is 5.32 Å². The Kier molecular flexibility index (Phi) is 4.90. The molecular formula is C12H25NO. The summed E-state index contributed by atoms with van der Waals surface area (Å²) in [7, 11) is 2.06. The lowest BCUT2D eigenvalue weighted by atomic mass is 9.93. The van der Waals surface area contributed by atoms with Gasteiger partial charge < -0.3 is 10.1 Å². The molecule has 0 aromatic heterocycles. The van der Waals surface area contributed by atoms with E-state index in [9.17, 15) is 0 Å². The highest BCUT2D eigenvalue weighted by atomic mass is 16.5. The van der Waals surface area contributed by atoms with Crippen molar-refractivity contribution in [2.45, 2.75) is 64.7 Å². The van der Waals surface area contributed by atoms with E-state index in [4.69, 9.17) is 4.74 Å². The molecule has 2 heteroatoms. The highest BCUT2D eigenvalue weighted by molar-refractivity contribution is 4.77. The van der Waals surface area contributed by atoms with Crippen molar-refractivity contribution >= 4 is 0 Å². The second-order valence-corrected chi connectivity index (χ2v) is 4.66. The fourth-order valence-electron chi connectivity index (χ4n) is 2.53. The molecule has 0 aliphatic carbocycles. The summed E-state index contributed by atoms with van der Waals surface area (Å²) in [6, 6.07) is 0.648. The maximum atomic E-state index is 5.84. The number of ether oxygens (including phenoxy) is 1. The average molecular weight is 199 g/mol. The molecule has 14 heavy (non-hydrogen) atoms. The normalized spacial score (nSPS) is 31.7. The summed E-state index contributed by atoms with van der Waals surface area (Å²) >= 11 is 0. The van der Waals surface area contributed by atoms with Gasteiger partial charge in [0.15, 0.2) is 0 Å². The van der Waals surface area contributed by atoms with Crippen LogP contribution in [-0.4, -0.2) is 25.3 Å². The van der Waals surface area contributed by atoms with Gasteiger partial charge in [0.2, 0.25) is 0 Å². The second-order valence-electron chi connectivity index (χ2n) is 4.66. The maximum absolute atomic E-state index is 5.84. The molecule has 1 rings (SSSR count). The molecule has 4 atom stereocenters. The van der Waals surface area contributed by atoms with Crippen molar-refractivity contribution in [3.05, 3.63) is 0 Å². The topological polar surface area (TPSA) is 21.3 Å². The third-order valence-electron chi connectivity index (χ3n) is 3.45. The van der Waals surface area contributed by atoms with Gasteiger partial charge in [0, 0.05) is 6.04 Å². The number of nitrogens with one attached hydrogen (secondary N) is 1. The Hall–Kier alpha value is -0.0800. The van der Waals surface area contributed by atoms with E-state index in [0.29, 0.717) is 18.2 Å². The van der Waals surface area contributed by atoms with Gasteiger partial charge in [0.1, 0.15) is 0 Å². The smallest absolute Gasteiger partial charge is 0.0582 e. The average Bonchev–Trinajstić information content (AvgIpc) is 2.53. The first kappa shape index (κ1) is 12.0. The zero-order chi connectivity index (χ0) is 10.6. The molecule has 0 aromatic carbocycles. The Morgan fingerprint density at radius 2 is 2.14 bits per heavy atom. The Balaban J connectivity index is 2.28. The van der Waals surface area contributed by atoms with E-state index in [-0.39, 0.29) is 0 Å². The minimum atomic E-state index is 0.488. The lowest BCUT2D eigenvalue weighted by Crippen LogP contribution is -2.33. The summed E-state index contributed by atoms with van der Waals surface area (Å²) in [5.41, 5.74) is 0. The van der Waals surface area contributed by atoms with E-state index in [1.54, 1.807) is 0 Å².